The summed E-state index contributed by atoms with van der Waals surface area (Å²) in [5.41, 5.74) is 4.58. The lowest BCUT2D eigenvalue weighted by molar-refractivity contribution is -0.139. The van der Waals surface area contributed by atoms with Crippen LogP contribution >= 0.6 is 0 Å². The van der Waals surface area contributed by atoms with Crippen molar-refractivity contribution >= 4 is 0 Å². The monoisotopic (exact) mass is 233 g/mol. The molecule has 2 rings (SSSR count). The van der Waals surface area contributed by atoms with Crippen LogP contribution in [-0.2, 0) is 0 Å². The van der Waals surface area contributed by atoms with E-state index in [1.54, 1.807) is 0 Å². The minimum Gasteiger partial charge on any atom is -0.388 e. The first-order chi connectivity index (χ1) is 7.37. The Hall–Kier alpha value is -0.220. The molecular weight excluding hydrogens is 212 g/mol. The summed E-state index contributed by atoms with van der Waals surface area (Å²) in [7, 11) is 0. The quantitative estimate of drug-likeness (QED) is 0.731. The third-order valence-corrected chi connectivity index (χ3v) is 4.48. The summed E-state index contributed by atoms with van der Waals surface area (Å²) >= 11 is 0. The van der Waals surface area contributed by atoms with Crippen LogP contribution in [0.15, 0.2) is 0 Å². The number of hydrogen-bond acceptors (Lipinski definition) is 2. The first-order valence-electron chi connectivity index (χ1n) is 6.26. The van der Waals surface area contributed by atoms with E-state index in [0.717, 1.165) is 32.1 Å². The maximum atomic E-state index is 13.1. The average molecular weight is 233 g/mol. The molecule has 2 fully saturated rings. The molecule has 0 radical (unpaired) electrons. The molecule has 0 bridgehead atoms. The van der Waals surface area contributed by atoms with Gasteiger partial charge in [0.05, 0.1) is 5.60 Å². The SMILES string of the molecule is NC1(C2(O)CCC(F)(F)CC2)CCCCC1. The molecule has 0 spiro atoms. The molecule has 0 aliphatic heterocycles. The highest BCUT2D eigenvalue weighted by molar-refractivity contribution is 5.07. The fourth-order valence-electron chi connectivity index (χ4n) is 3.18. The van der Waals surface area contributed by atoms with Crippen molar-refractivity contribution in [2.45, 2.75) is 74.8 Å². The smallest absolute Gasteiger partial charge is 0.248 e. The fourth-order valence-corrected chi connectivity index (χ4v) is 3.18. The van der Waals surface area contributed by atoms with Gasteiger partial charge in [0.15, 0.2) is 0 Å². The van der Waals surface area contributed by atoms with Crippen molar-refractivity contribution in [2.75, 3.05) is 0 Å². The maximum Gasteiger partial charge on any atom is 0.248 e. The number of halogens is 2. The van der Waals surface area contributed by atoms with Crippen LogP contribution in [-0.4, -0.2) is 22.2 Å². The first kappa shape index (κ1) is 12.2. The maximum absolute atomic E-state index is 13.1. The Morgan fingerprint density at radius 3 is 1.81 bits per heavy atom. The lowest BCUT2D eigenvalue weighted by atomic mass is 9.64. The van der Waals surface area contributed by atoms with E-state index in [9.17, 15) is 13.9 Å². The van der Waals surface area contributed by atoms with Crippen molar-refractivity contribution in [1.29, 1.82) is 0 Å². The third kappa shape index (κ3) is 2.09. The number of aliphatic hydroxyl groups is 1. The van der Waals surface area contributed by atoms with E-state index < -0.39 is 17.1 Å². The van der Waals surface area contributed by atoms with Gasteiger partial charge < -0.3 is 10.8 Å². The van der Waals surface area contributed by atoms with Crippen molar-refractivity contribution in [2.24, 2.45) is 5.73 Å². The van der Waals surface area contributed by atoms with E-state index in [2.05, 4.69) is 0 Å². The zero-order valence-electron chi connectivity index (χ0n) is 9.64. The Morgan fingerprint density at radius 2 is 1.31 bits per heavy atom. The van der Waals surface area contributed by atoms with Crippen molar-refractivity contribution in [1.82, 2.24) is 0 Å². The molecule has 2 saturated carbocycles. The molecule has 0 aromatic rings. The summed E-state index contributed by atoms with van der Waals surface area (Å²) < 4.78 is 26.2. The molecule has 0 amide bonds. The summed E-state index contributed by atoms with van der Waals surface area (Å²) in [4.78, 5) is 0. The van der Waals surface area contributed by atoms with Crippen LogP contribution in [0.1, 0.15) is 57.8 Å². The van der Waals surface area contributed by atoms with Gasteiger partial charge in [-0.05, 0) is 25.7 Å². The van der Waals surface area contributed by atoms with E-state index >= 15 is 0 Å². The average Bonchev–Trinajstić information content (AvgIpc) is 2.24. The predicted octanol–water partition coefficient (Wildman–Crippen LogP) is 2.59. The summed E-state index contributed by atoms with van der Waals surface area (Å²) in [6.07, 6.45) is 4.57. The topological polar surface area (TPSA) is 46.2 Å². The first-order valence-corrected chi connectivity index (χ1v) is 6.26. The largest absolute Gasteiger partial charge is 0.388 e. The third-order valence-electron chi connectivity index (χ3n) is 4.48. The van der Waals surface area contributed by atoms with Crippen LogP contribution < -0.4 is 5.73 Å². The Morgan fingerprint density at radius 1 is 0.812 bits per heavy atom. The number of nitrogens with two attached hydrogens (primary N) is 1. The molecule has 0 aromatic heterocycles. The highest BCUT2D eigenvalue weighted by Gasteiger charge is 2.52. The Bertz CT molecular complexity index is 252. The van der Waals surface area contributed by atoms with Gasteiger partial charge in [-0.2, -0.15) is 0 Å². The molecule has 2 aliphatic carbocycles. The van der Waals surface area contributed by atoms with E-state index in [-0.39, 0.29) is 25.7 Å². The normalized spacial score (nSPS) is 32.2. The molecule has 0 atom stereocenters. The van der Waals surface area contributed by atoms with Gasteiger partial charge >= 0.3 is 0 Å². The van der Waals surface area contributed by atoms with Gasteiger partial charge in [0.25, 0.3) is 0 Å². The van der Waals surface area contributed by atoms with Gasteiger partial charge in [-0.15, -0.1) is 0 Å². The molecule has 0 unspecified atom stereocenters. The van der Waals surface area contributed by atoms with Crippen LogP contribution in [0.2, 0.25) is 0 Å². The molecule has 2 nitrogen and oxygen atoms in total. The molecule has 0 saturated heterocycles. The van der Waals surface area contributed by atoms with Gasteiger partial charge in [-0.3, -0.25) is 0 Å². The molecule has 2 aliphatic rings. The summed E-state index contributed by atoms with van der Waals surface area (Å²) in [5, 5.41) is 10.5. The molecule has 0 aromatic carbocycles. The fraction of sp³-hybridized carbons (Fsp3) is 1.00. The van der Waals surface area contributed by atoms with E-state index in [4.69, 9.17) is 5.73 Å². The van der Waals surface area contributed by atoms with Crippen LogP contribution in [0.25, 0.3) is 0 Å². The Balaban J connectivity index is 2.07. The van der Waals surface area contributed by atoms with Crippen molar-refractivity contribution < 1.29 is 13.9 Å². The van der Waals surface area contributed by atoms with Crippen molar-refractivity contribution in [3.05, 3.63) is 0 Å². The van der Waals surface area contributed by atoms with Crippen molar-refractivity contribution in [3.8, 4) is 0 Å². The molecule has 94 valence electrons. The number of rotatable bonds is 1. The minimum absolute atomic E-state index is 0.149. The van der Waals surface area contributed by atoms with Gasteiger partial charge in [-0.1, -0.05) is 19.3 Å². The zero-order chi connectivity index (χ0) is 11.9. The molecule has 0 heterocycles. The van der Waals surface area contributed by atoms with Gasteiger partial charge in [0.1, 0.15) is 0 Å². The second-order valence-electron chi connectivity index (χ2n) is 5.60. The highest BCUT2D eigenvalue weighted by atomic mass is 19.3. The van der Waals surface area contributed by atoms with Crippen LogP contribution in [0.4, 0.5) is 8.78 Å². The minimum atomic E-state index is -2.60. The number of alkyl halides is 2. The van der Waals surface area contributed by atoms with Crippen LogP contribution in [0, 0.1) is 0 Å². The van der Waals surface area contributed by atoms with E-state index in [1.165, 1.54) is 0 Å². The van der Waals surface area contributed by atoms with Gasteiger partial charge in [-0.25, -0.2) is 8.78 Å². The summed E-state index contributed by atoms with van der Waals surface area (Å²) in [6.45, 7) is 0. The highest BCUT2D eigenvalue weighted by Crippen LogP contribution is 2.46. The second-order valence-corrected chi connectivity index (χ2v) is 5.60. The summed E-state index contributed by atoms with van der Waals surface area (Å²) in [6, 6.07) is 0. The Labute approximate surface area is 95.2 Å². The predicted molar refractivity (Wildman–Crippen MR) is 58.4 cm³/mol. The number of hydrogen-bond donors (Lipinski definition) is 2. The van der Waals surface area contributed by atoms with E-state index in [0.29, 0.717) is 0 Å². The second kappa shape index (κ2) is 3.91. The zero-order valence-corrected chi connectivity index (χ0v) is 9.64. The molecule has 3 N–H and O–H groups in total. The van der Waals surface area contributed by atoms with Gasteiger partial charge in [0, 0.05) is 18.4 Å². The summed E-state index contributed by atoms with van der Waals surface area (Å²) in [5.74, 6) is -2.60. The Kier molecular flexibility index (Phi) is 2.99. The van der Waals surface area contributed by atoms with E-state index in [1.807, 2.05) is 0 Å². The van der Waals surface area contributed by atoms with Crippen molar-refractivity contribution in [3.63, 3.8) is 0 Å². The molecular formula is C12H21F2NO. The standard InChI is InChI=1S/C12H21F2NO/c13-12(14)8-6-11(16,7-9-12)10(15)4-2-1-3-5-10/h16H,1-9,15H2. The van der Waals surface area contributed by atoms with Crippen LogP contribution in [0.3, 0.4) is 0 Å². The van der Waals surface area contributed by atoms with Gasteiger partial charge in [0.2, 0.25) is 5.92 Å². The lowest BCUT2D eigenvalue weighted by Crippen LogP contribution is -2.63. The lowest BCUT2D eigenvalue weighted by Gasteiger charge is -2.50. The molecule has 16 heavy (non-hydrogen) atoms. The van der Waals surface area contributed by atoms with Crippen LogP contribution in [0.5, 0.6) is 0 Å². The molecule has 4 heteroatoms.